The maximum Gasteiger partial charge on any atom is 0.341 e. The molecule has 4 rings (SSSR count). The van der Waals surface area contributed by atoms with E-state index < -0.39 is 16.8 Å². The van der Waals surface area contributed by atoms with Crippen molar-refractivity contribution in [3.63, 3.8) is 0 Å². The van der Waals surface area contributed by atoms with Crippen molar-refractivity contribution < 1.29 is 24.0 Å². The Morgan fingerprint density at radius 2 is 1.54 bits per heavy atom. The van der Waals surface area contributed by atoms with E-state index in [1.54, 1.807) is 31.2 Å². The van der Waals surface area contributed by atoms with Crippen molar-refractivity contribution in [1.29, 1.82) is 0 Å². The lowest BCUT2D eigenvalue weighted by atomic mass is 10.0. The van der Waals surface area contributed by atoms with E-state index in [0.717, 1.165) is 16.0 Å². The molecular weight excluding hydrogens is 492 g/mol. The summed E-state index contributed by atoms with van der Waals surface area (Å²) < 4.78 is 10.9. The average Bonchev–Trinajstić information content (AvgIpc) is 3.23. The number of ether oxygens (including phenoxy) is 2. The topological polar surface area (TPSA) is 108 Å². The predicted octanol–water partition coefficient (Wildman–Crippen LogP) is 6.49. The summed E-state index contributed by atoms with van der Waals surface area (Å²) in [5, 5.41) is 14.1. The SMILES string of the molecule is CCOC(=O)c1c(NC(=O)COc2ccc(-c3ccccc3)cc2)sc(C)c1-c1ccc([N+](=O)[O-])cc1. The highest BCUT2D eigenvalue weighted by Crippen LogP contribution is 2.41. The van der Waals surface area contributed by atoms with Crippen LogP contribution in [-0.4, -0.2) is 30.0 Å². The zero-order valence-corrected chi connectivity index (χ0v) is 21.0. The van der Waals surface area contributed by atoms with E-state index in [1.807, 2.05) is 49.4 Å². The smallest absolute Gasteiger partial charge is 0.341 e. The van der Waals surface area contributed by atoms with Crippen LogP contribution in [0.1, 0.15) is 22.2 Å². The highest BCUT2D eigenvalue weighted by atomic mass is 32.1. The third-order valence-electron chi connectivity index (χ3n) is 5.51. The number of carbonyl (C=O) groups excluding carboxylic acids is 2. The van der Waals surface area contributed by atoms with Crippen LogP contribution in [0.25, 0.3) is 22.3 Å². The lowest BCUT2D eigenvalue weighted by Crippen LogP contribution is -2.21. The molecule has 0 bridgehead atoms. The first-order chi connectivity index (χ1) is 17.9. The summed E-state index contributed by atoms with van der Waals surface area (Å²) in [5.74, 6) is -0.489. The molecule has 8 nitrogen and oxygen atoms in total. The molecule has 9 heteroatoms. The highest BCUT2D eigenvalue weighted by molar-refractivity contribution is 7.17. The van der Waals surface area contributed by atoms with Crippen molar-refractivity contribution in [3.8, 4) is 28.0 Å². The van der Waals surface area contributed by atoms with Crippen molar-refractivity contribution in [2.45, 2.75) is 13.8 Å². The van der Waals surface area contributed by atoms with Crippen molar-refractivity contribution in [2.24, 2.45) is 0 Å². The summed E-state index contributed by atoms with van der Waals surface area (Å²) in [5.41, 5.74) is 3.43. The molecule has 37 heavy (non-hydrogen) atoms. The molecule has 0 aliphatic heterocycles. The van der Waals surface area contributed by atoms with Crippen LogP contribution in [0.5, 0.6) is 5.75 Å². The van der Waals surface area contributed by atoms with Gasteiger partial charge in [-0.3, -0.25) is 14.9 Å². The second-order valence-electron chi connectivity index (χ2n) is 7.99. The molecule has 0 saturated heterocycles. The quantitative estimate of drug-likeness (QED) is 0.155. The molecule has 1 aromatic heterocycles. The van der Waals surface area contributed by atoms with Gasteiger partial charge in [-0.25, -0.2) is 4.79 Å². The minimum absolute atomic E-state index is 0.0585. The van der Waals surface area contributed by atoms with Crippen molar-refractivity contribution in [3.05, 3.63) is 99.4 Å². The van der Waals surface area contributed by atoms with Gasteiger partial charge in [-0.1, -0.05) is 42.5 Å². The van der Waals surface area contributed by atoms with E-state index in [9.17, 15) is 19.7 Å². The Balaban J connectivity index is 1.51. The number of esters is 1. The minimum atomic E-state index is -0.590. The van der Waals surface area contributed by atoms with Crippen molar-refractivity contribution in [1.82, 2.24) is 0 Å². The van der Waals surface area contributed by atoms with Crippen LogP contribution >= 0.6 is 11.3 Å². The molecule has 1 N–H and O–H groups in total. The van der Waals surface area contributed by atoms with E-state index in [1.165, 1.54) is 23.5 Å². The van der Waals surface area contributed by atoms with Crippen LogP contribution in [0.4, 0.5) is 10.7 Å². The molecule has 1 amide bonds. The summed E-state index contributed by atoms with van der Waals surface area (Å²) in [6, 6.07) is 23.2. The number of nitro groups is 1. The lowest BCUT2D eigenvalue weighted by molar-refractivity contribution is -0.384. The number of nitro benzene ring substituents is 1. The summed E-state index contributed by atoms with van der Waals surface area (Å²) in [6.45, 7) is 3.40. The molecule has 0 radical (unpaired) electrons. The molecule has 0 fully saturated rings. The average molecular weight is 517 g/mol. The van der Waals surface area contributed by atoms with E-state index in [-0.39, 0.29) is 24.5 Å². The second kappa shape index (κ2) is 11.5. The Morgan fingerprint density at radius 1 is 0.919 bits per heavy atom. The molecule has 0 saturated carbocycles. The Kier molecular flexibility index (Phi) is 7.95. The third kappa shape index (κ3) is 6.02. The van der Waals surface area contributed by atoms with Gasteiger partial charge in [0.25, 0.3) is 11.6 Å². The number of thiophene rings is 1. The largest absolute Gasteiger partial charge is 0.484 e. The van der Waals surface area contributed by atoms with Gasteiger partial charge in [0, 0.05) is 22.6 Å². The minimum Gasteiger partial charge on any atom is -0.484 e. The van der Waals surface area contributed by atoms with Crippen molar-refractivity contribution in [2.75, 3.05) is 18.5 Å². The van der Waals surface area contributed by atoms with Crippen LogP contribution in [0.2, 0.25) is 0 Å². The Labute approximate surface area is 217 Å². The Bertz CT molecular complexity index is 1410. The first-order valence-electron chi connectivity index (χ1n) is 11.5. The first-order valence-corrected chi connectivity index (χ1v) is 12.3. The molecule has 0 unspecified atom stereocenters. The monoisotopic (exact) mass is 516 g/mol. The zero-order valence-electron chi connectivity index (χ0n) is 20.2. The van der Waals surface area contributed by atoms with E-state index in [0.29, 0.717) is 21.9 Å². The van der Waals surface area contributed by atoms with E-state index in [2.05, 4.69) is 5.32 Å². The molecule has 0 atom stereocenters. The standard InChI is InChI=1S/C28H24N2O6S/c1-3-35-28(32)26-25(21-9-13-22(14-10-21)30(33)34)18(2)37-27(26)29-24(31)17-36-23-15-11-20(12-16-23)19-7-5-4-6-8-19/h4-16H,3,17H2,1-2H3,(H,29,31). The fourth-order valence-electron chi connectivity index (χ4n) is 3.81. The lowest BCUT2D eigenvalue weighted by Gasteiger charge is -2.10. The van der Waals surface area contributed by atoms with E-state index >= 15 is 0 Å². The normalized spacial score (nSPS) is 10.5. The third-order valence-corrected chi connectivity index (χ3v) is 6.54. The second-order valence-corrected chi connectivity index (χ2v) is 9.21. The Hall–Kier alpha value is -4.50. The molecule has 4 aromatic rings. The summed E-state index contributed by atoms with van der Waals surface area (Å²) in [7, 11) is 0. The van der Waals surface area contributed by atoms with Gasteiger partial charge in [-0.05, 0) is 54.8 Å². The fourth-order valence-corrected chi connectivity index (χ4v) is 4.89. The molecule has 188 valence electrons. The van der Waals surface area contributed by atoms with Crippen molar-refractivity contribution >= 4 is 33.9 Å². The van der Waals surface area contributed by atoms with Gasteiger partial charge in [0.1, 0.15) is 16.3 Å². The molecule has 3 aromatic carbocycles. The maximum absolute atomic E-state index is 12.9. The number of nitrogens with zero attached hydrogens (tertiary/aromatic N) is 1. The number of nitrogens with one attached hydrogen (secondary N) is 1. The number of carbonyl (C=O) groups is 2. The maximum atomic E-state index is 12.9. The van der Waals surface area contributed by atoms with E-state index in [4.69, 9.17) is 9.47 Å². The molecule has 0 spiro atoms. The van der Waals surface area contributed by atoms with Gasteiger partial charge in [0.15, 0.2) is 6.61 Å². The van der Waals surface area contributed by atoms with Crippen LogP contribution < -0.4 is 10.1 Å². The molecule has 0 aliphatic rings. The molecular formula is C28H24N2O6S. The van der Waals surface area contributed by atoms with Gasteiger partial charge < -0.3 is 14.8 Å². The van der Waals surface area contributed by atoms with Gasteiger partial charge >= 0.3 is 5.97 Å². The Morgan fingerprint density at radius 3 is 2.16 bits per heavy atom. The molecule has 0 aliphatic carbocycles. The summed E-state index contributed by atoms with van der Waals surface area (Å²) in [6.07, 6.45) is 0. The number of benzene rings is 3. The van der Waals surface area contributed by atoms with Crippen LogP contribution in [0.3, 0.4) is 0 Å². The number of non-ortho nitro benzene ring substituents is 1. The number of hydrogen-bond donors (Lipinski definition) is 1. The number of anilines is 1. The molecule has 1 heterocycles. The predicted molar refractivity (Wildman–Crippen MR) is 143 cm³/mol. The number of rotatable bonds is 9. The highest BCUT2D eigenvalue weighted by Gasteiger charge is 2.26. The number of amides is 1. The fraction of sp³-hybridized carbons (Fsp3) is 0.143. The first kappa shape index (κ1) is 25.6. The van der Waals surface area contributed by atoms with Gasteiger partial charge in [0.05, 0.1) is 11.5 Å². The van der Waals surface area contributed by atoms with Crippen LogP contribution in [-0.2, 0) is 9.53 Å². The van der Waals surface area contributed by atoms with Gasteiger partial charge in [-0.15, -0.1) is 11.3 Å². The number of hydrogen-bond acceptors (Lipinski definition) is 7. The summed E-state index contributed by atoms with van der Waals surface area (Å²) >= 11 is 1.23. The van der Waals surface area contributed by atoms with Crippen LogP contribution in [0.15, 0.2) is 78.9 Å². The van der Waals surface area contributed by atoms with Gasteiger partial charge in [-0.2, -0.15) is 0 Å². The number of aryl methyl sites for hydroxylation is 1. The van der Waals surface area contributed by atoms with Gasteiger partial charge in [0.2, 0.25) is 0 Å². The van der Waals surface area contributed by atoms with Crippen LogP contribution in [0, 0.1) is 17.0 Å². The zero-order chi connectivity index (χ0) is 26.4. The summed E-state index contributed by atoms with van der Waals surface area (Å²) in [4.78, 5) is 36.9.